The number of nitrogens with zero attached hydrogens (tertiary/aromatic N) is 2. The molecule has 2 aromatic heterocycles. The lowest BCUT2D eigenvalue weighted by Crippen LogP contribution is -2.67. The van der Waals surface area contributed by atoms with Gasteiger partial charge in [-0.05, 0) is 74.4 Å². The second-order valence-electron chi connectivity index (χ2n) is 16.1. The molecular weight excluding hydrogens is 669 g/mol. The van der Waals surface area contributed by atoms with E-state index in [1.165, 1.54) is 20.7 Å². The molecule has 0 bridgehead atoms. The molecule has 0 atom stereocenters. The predicted molar refractivity (Wildman–Crippen MR) is 223 cm³/mol. The molecule has 0 radical (unpaired) electrons. The second-order valence-corrected chi connectivity index (χ2v) is 24.7. The molecule has 6 rings (SSSR count). The van der Waals surface area contributed by atoms with Gasteiger partial charge in [-0.3, -0.25) is 0 Å². The predicted octanol–water partition coefficient (Wildman–Crippen LogP) is 8.72. The van der Waals surface area contributed by atoms with Crippen LogP contribution < -0.4 is 20.7 Å². The van der Waals surface area contributed by atoms with Crippen molar-refractivity contribution in [2.24, 2.45) is 5.92 Å². The first-order valence-corrected chi connectivity index (χ1v) is 22.6. The Hall–Kier alpha value is -4.21. The second kappa shape index (κ2) is 16.2. The number of hydrogen-bond acceptors (Lipinski definition) is 4. The summed E-state index contributed by atoms with van der Waals surface area (Å²) < 4.78 is 15.2. The van der Waals surface area contributed by atoms with Crippen molar-refractivity contribution in [1.29, 1.82) is 0 Å². The summed E-state index contributed by atoms with van der Waals surface area (Å²) in [6.07, 6.45) is 4.63. The highest BCUT2D eigenvalue weighted by molar-refractivity contribution is 7.00. The summed E-state index contributed by atoms with van der Waals surface area (Å²) in [5.41, 5.74) is 1.88. The molecule has 0 aliphatic carbocycles. The van der Waals surface area contributed by atoms with E-state index in [0.29, 0.717) is 13.2 Å². The summed E-state index contributed by atoms with van der Waals surface area (Å²) in [6, 6.07) is 52.2. The minimum absolute atomic E-state index is 0.110. The van der Waals surface area contributed by atoms with Gasteiger partial charge < -0.3 is 8.85 Å². The Morgan fingerprint density at radius 2 is 0.942 bits per heavy atom. The topological polar surface area (TPSA) is 44.2 Å². The number of aryl methyl sites for hydroxylation is 1. The van der Waals surface area contributed by atoms with Crippen molar-refractivity contribution in [3.63, 3.8) is 0 Å². The number of aromatic nitrogens is 2. The Labute approximate surface area is 313 Å². The molecule has 6 aromatic rings. The van der Waals surface area contributed by atoms with Crippen LogP contribution in [0.25, 0.3) is 11.0 Å². The first kappa shape index (κ1) is 37.5. The molecule has 52 heavy (non-hydrogen) atoms. The summed E-state index contributed by atoms with van der Waals surface area (Å²) in [6.45, 7) is 15.3. The van der Waals surface area contributed by atoms with Crippen LogP contribution in [0.5, 0.6) is 0 Å². The van der Waals surface area contributed by atoms with Crippen LogP contribution in [0.1, 0.15) is 60.1 Å². The molecule has 4 aromatic carbocycles. The van der Waals surface area contributed by atoms with E-state index in [2.05, 4.69) is 186 Å². The van der Waals surface area contributed by atoms with Gasteiger partial charge in [-0.25, -0.2) is 9.97 Å². The molecule has 0 saturated heterocycles. The maximum Gasteiger partial charge on any atom is 0.261 e. The van der Waals surface area contributed by atoms with Gasteiger partial charge in [0.05, 0.1) is 0 Å². The lowest BCUT2D eigenvalue weighted by Gasteiger charge is -2.45. The number of hydrogen-bond donors (Lipinski definition) is 0. The van der Waals surface area contributed by atoms with E-state index in [9.17, 15) is 0 Å². The minimum Gasteiger partial charge on any atom is -0.407 e. The highest BCUT2D eigenvalue weighted by atomic mass is 28.4. The normalized spacial score (nSPS) is 12.8. The van der Waals surface area contributed by atoms with Crippen LogP contribution in [0.15, 0.2) is 152 Å². The highest BCUT2D eigenvalue weighted by Crippen LogP contribution is 2.39. The van der Waals surface area contributed by atoms with Gasteiger partial charge >= 0.3 is 0 Å². The molecular formula is C46H54N2O2Si2. The van der Waals surface area contributed by atoms with E-state index < -0.39 is 16.6 Å². The third-order valence-corrected chi connectivity index (χ3v) is 20.5. The summed E-state index contributed by atoms with van der Waals surface area (Å²) in [5.74, 6) is 0.168. The van der Waals surface area contributed by atoms with Crippen LogP contribution in [0, 0.1) is 5.92 Å². The average Bonchev–Trinajstić information content (AvgIpc) is 3.15. The van der Waals surface area contributed by atoms with Gasteiger partial charge in [0.15, 0.2) is 5.65 Å². The zero-order chi connectivity index (χ0) is 36.7. The lowest BCUT2D eigenvalue weighted by atomic mass is 10.0. The fourth-order valence-corrected chi connectivity index (χ4v) is 17.2. The van der Waals surface area contributed by atoms with Crippen LogP contribution in [0.2, 0.25) is 10.1 Å². The van der Waals surface area contributed by atoms with Crippen molar-refractivity contribution >= 4 is 48.4 Å². The maximum absolute atomic E-state index is 7.60. The van der Waals surface area contributed by atoms with E-state index in [4.69, 9.17) is 13.8 Å². The van der Waals surface area contributed by atoms with Crippen molar-refractivity contribution in [2.75, 3.05) is 13.2 Å². The number of fused-ring (bicyclic) bond motifs is 1. The van der Waals surface area contributed by atoms with Crippen molar-refractivity contribution in [3.05, 3.63) is 157 Å². The molecule has 0 saturated carbocycles. The fourth-order valence-electron chi connectivity index (χ4n) is 7.93. The van der Waals surface area contributed by atoms with Gasteiger partial charge in [0, 0.05) is 36.4 Å². The number of pyridine rings is 2. The molecule has 6 heteroatoms. The standard InChI is InChI=1S/C46H54N2O2Si2/c1-45(2,3)51(40-24-11-7-12-25-40,41-26-13-8-14-27-41)49-35-37(21-19-23-39-33-32-38-22-20-34-47-44(38)48-39)36-50-52(46(4,5)6,42-28-15-9-16-29-42)43-30-17-10-18-31-43/h7-18,20,22,24-34,37H,19,21,23,35-36H2,1-6H3. The van der Waals surface area contributed by atoms with Crippen LogP contribution in [-0.2, 0) is 15.3 Å². The first-order valence-electron chi connectivity index (χ1n) is 18.8. The smallest absolute Gasteiger partial charge is 0.261 e. The monoisotopic (exact) mass is 722 g/mol. The summed E-state index contributed by atoms with van der Waals surface area (Å²) in [5, 5.41) is 6.05. The molecule has 2 heterocycles. The lowest BCUT2D eigenvalue weighted by molar-refractivity contribution is 0.155. The number of rotatable bonds is 14. The van der Waals surface area contributed by atoms with Crippen LogP contribution >= 0.6 is 0 Å². The Bertz CT molecular complexity index is 1810. The van der Waals surface area contributed by atoms with Gasteiger partial charge in [0.25, 0.3) is 16.6 Å². The highest BCUT2D eigenvalue weighted by Gasteiger charge is 2.52. The van der Waals surface area contributed by atoms with E-state index in [0.717, 1.165) is 36.0 Å². The van der Waals surface area contributed by atoms with Gasteiger partial charge in [0.2, 0.25) is 0 Å². The van der Waals surface area contributed by atoms with E-state index in [-0.39, 0.29) is 16.0 Å². The van der Waals surface area contributed by atoms with Crippen molar-refractivity contribution < 1.29 is 8.85 Å². The Balaban J connectivity index is 1.36. The molecule has 0 aliphatic heterocycles. The van der Waals surface area contributed by atoms with Gasteiger partial charge in [-0.15, -0.1) is 0 Å². The maximum atomic E-state index is 7.60. The summed E-state index contributed by atoms with van der Waals surface area (Å²) >= 11 is 0. The van der Waals surface area contributed by atoms with Gasteiger partial charge in [-0.1, -0.05) is 163 Å². The molecule has 0 spiro atoms. The van der Waals surface area contributed by atoms with Crippen molar-refractivity contribution in [3.8, 4) is 0 Å². The molecule has 0 fully saturated rings. The van der Waals surface area contributed by atoms with E-state index in [1.54, 1.807) is 0 Å². The zero-order valence-electron chi connectivity index (χ0n) is 31.8. The minimum atomic E-state index is -2.75. The van der Waals surface area contributed by atoms with Crippen molar-refractivity contribution in [1.82, 2.24) is 9.97 Å². The molecule has 0 aliphatic rings. The summed E-state index contributed by atoms with van der Waals surface area (Å²) in [7, 11) is -5.50. The Kier molecular flexibility index (Phi) is 11.7. The average molecular weight is 723 g/mol. The van der Waals surface area contributed by atoms with Crippen LogP contribution in [0.4, 0.5) is 0 Å². The fraction of sp³-hybridized carbons (Fsp3) is 0.304. The van der Waals surface area contributed by atoms with Gasteiger partial charge in [-0.2, -0.15) is 0 Å². The van der Waals surface area contributed by atoms with Crippen LogP contribution in [0.3, 0.4) is 0 Å². The SMILES string of the molecule is CC(C)(C)[Si](OCC(CCCc1ccc2cccnc2n1)CO[Si](c1ccccc1)(c1ccccc1)C(C)(C)C)(c1ccccc1)c1ccccc1. The molecule has 0 amide bonds. The molecule has 268 valence electrons. The van der Waals surface area contributed by atoms with Gasteiger partial charge in [0.1, 0.15) is 0 Å². The zero-order valence-corrected chi connectivity index (χ0v) is 33.8. The third kappa shape index (κ3) is 7.91. The van der Waals surface area contributed by atoms with E-state index >= 15 is 0 Å². The molecule has 0 N–H and O–H groups in total. The largest absolute Gasteiger partial charge is 0.407 e. The molecule has 4 nitrogen and oxygen atoms in total. The van der Waals surface area contributed by atoms with Crippen molar-refractivity contribution in [2.45, 2.75) is 70.9 Å². The van der Waals surface area contributed by atoms with E-state index in [1.807, 2.05) is 12.3 Å². The molecule has 0 unspecified atom stereocenters. The first-order chi connectivity index (χ1) is 25.0. The third-order valence-electron chi connectivity index (χ3n) is 10.5. The summed E-state index contributed by atoms with van der Waals surface area (Å²) in [4.78, 5) is 9.42. The number of benzene rings is 4. The Morgan fingerprint density at radius 1 is 0.519 bits per heavy atom. The van der Waals surface area contributed by atoms with Crippen LogP contribution in [-0.4, -0.2) is 39.8 Å². The Morgan fingerprint density at radius 3 is 1.35 bits per heavy atom. The quantitative estimate of drug-likeness (QED) is 0.106.